The molecule has 0 aromatic carbocycles. The molecule has 0 spiro atoms. The summed E-state index contributed by atoms with van der Waals surface area (Å²) in [4.78, 5) is 26.9. The van der Waals surface area contributed by atoms with Gasteiger partial charge in [-0.1, -0.05) is 23.1 Å². The first kappa shape index (κ1) is 19.6. The maximum absolute atomic E-state index is 12.5. The second-order valence-corrected chi connectivity index (χ2v) is 11.1. The number of thioether (sulfide) groups is 1. The van der Waals surface area contributed by atoms with Gasteiger partial charge < -0.3 is 15.0 Å². The highest BCUT2D eigenvalue weighted by atomic mass is 32.2. The van der Waals surface area contributed by atoms with Crippen LogP contribution in [0.3, 0.4) is 0 Å². The van der Waals surface area contributed by atoms with E-state index in [2.05, 4.69) is 25.7 Å². The summed E-state index contributed by atoms with van der Waals surface area (Å²) in [6.45, 7) is 3.02. The lowest BCUT2D eigenvalue weighted by Gasteiger charge is -2.56. The van der Waals surface area contributed by atoms with Crippen molar-refractivity contribution >= 4 is 40.2 Å². The van der Waals surface area contributed by atoms with Gasteiger partial charge in [-0.3, -0.25) is 10.1 Å². The van der Waals surface area contributed by atoms with Crippen LogP contribution in [0.2, 0.25) is 0 Å². The third-order valence-electron chi connectivity index (χ3n) is 6.67. The van der Waals surface area contributed by atoms with E-state index in [1.54, 1.807) is 0 Å². The summed E-state index contributed by atoms with van der Waals surface area (Å²) in [6, 6.07) is -0.344. The van der Waals surface area contributed by atoms with E-state index in [9.17, 15) is 9.59 Å². The number of carbonyl (C=O) groups excluding carboxylic acids is 2. The van der Waals surface area contributed by atoms with Gasteiger partial charge in [0, 0.05) is 18.6 Å². The van der Waals surface area contributed by atoms with E-state index in [0.717, 1.165) is 59.6 Å². The van der Waals surface area contributed by atoms with Crippen LogP contribution in [-0.4, -0.2) is 59.7 Å². The molecule has 0 unspecified atom stereocenters. The zero-order valence-corrected chi connectivity index (χ0v) is 18.0. The number of urea groups is 1. The Balaban J connectivity index is 1.09. The first-order chi connectivity index (χ1) is 14.1. The van der Waals surface area contributed by atoms with Gasteiger partial charge in [-0.05, 0) is 56.3 Å². The van der Waals surface area contributed by atoms with E-state index in [1.807, 2.05) is 0 Å². The van der Waals surface area contributed by atoms with Crippen LogP contribution in [0.5, 0.6) is 0 Å². The third kappa shape index (κ3) is 4.39. The lowest BCUT2D eigenvalue weighted by atomic mass is 9.53. The van der Waals surface area contributed by atoms with Crippen LogP contribution >= 0.6 is 23.1 Å². The molecule has 4 aliphatic carbocycles. The molecule has 4 saturated carbocycles. The molecule has 1 saturated heterocycles. The number of ether oxygens (including phenoxy) is 1. The molecule has 8 nitrogen and oxygen atoms in total. The fourth-order valence-electron chi connectivity index (χ4n) is 5.97. The number of morpholine rings is 1. The number of imide groups is 1. The van der Waals surface area contributed by atoms with Gasteiger partial charge in [0.05, 0.1) is 19.0 Å². The summed E-state index contributed by atoms with van der Waals surface area (Å²) < 4.78 is 6.09. The van der Waals surface area contributed by atoms with Crippen LogP contribution in [0.15, 0.2) is 4.34 Å². The quantitative estimate of drug-likeness (QED) is 0.682. The molecule has 158 valence electrons. The molecule has 6 rings (SSSR count). The van der Waals surface area contributed by atoms with Gasteiger partial charge in [0.15, 0.2) is 4.34 Å². The van der Waals surface area contributed by atoms with E-state index in [0.29, 0.717) is 13.2 Å². The summed E-state index contributed by atoms with van der Waals surface area (Å²) in [7, 11) is 0. The van der Waals surface area contributed by atoms with Gasteiger partial charge in [0.1, 0.15) is 0 Å². The molecule has 1 aromatic heterocycles. The summed E-state index contributed by atoms with van der Waals surface area (Å²) in [5.74, 6) is 2.13. The zero-order chi connectivity index (χ0) is 19.8. The average Bonchev–Trinajstić information content (AvgIpc) is 3.14. The molecule has 0 atom stereocenters. The number of hydrogen-bond acceptors (Lipinski definition) is 8. The molecule has 1 aromatic rings. The molecular weight excluding hydrogens is 410 g/mol. The van der Waals surface area contributed by atoms with Crippen molar-refractivity contribution in [2.45, 2.75) is 48.4 Å². The zero-order valence-electron chi connectivity index (χ0n) is 16.4. The smallest absolute Gasteiger partial charge is 0.321 e. The molecule has 1 aliphatic heterocycles. The van der Waals surface area contributed by atoms with Crippen molar-refractivity contribution in [2.24, 2.45) is 17.8 Å². The molecule has 29 heavy (non-hydrogen) atoms. The number of carbonyl (C=O) groups is 2. The summed E-state index contributed by atoms with van der Waals surface area (Å²) in [5, 5.41) is 14.9. The minimum Gasteiger partial charge on any atom is -0.378 e. The van der Waals surface area contributed by atoms with Crippen LogP contribution in [0.1, 0.15) is 38.5 Å². The van der Waals surface area contributed by atoms with Crippen molar-refractivity contribution < 1.29 is 14.3 Å². The van der Waals surface area contributed by atoms with Crippen LogP contribution < -0.4 is 15.5 Å². The predicted octanol–water partition coefficient (Wildman–Crippen LogP) is 2.26. The van der Waals surface area contributed by atoms with E-state index >= 15 is 0 Å². The maximum atomic E-state index is 12.5. The lowest BCUT2D eigenvalue weighted by molar-refractivity contribution is -0.117. The van der Waals surface area contributed by atoms with Gasteiger partial charge >= 0.3 is 6.03 Å². The Bertz CT molecular complexity index is 744. The number of rotatable bonds is 5. The highest BCUT2D eigenvalue weighted by Crippen LogP contribution is 2.55. The van der Waals surface area contributed by atoms with Crippen LogP contribution in [0.4, 0.5) is 9.93 Å². The predicted molar refractivity (Wildman–Crippen MR) is 111 cm³/mol. The second kappa shape index (κ2) is 8.03. The highest BCUT2D eigenvalue weighted by Gasteiger charge is 2.51. The maximum Gasteiger partial charge on any atom is 0.321 e. The highest BCUT2D eigenvalue weighted by molar-refractivity contribution is 8.01. The standard InChI is InChI=1S/C19H27N5O3S2/c25-15(11-28-18-23-22-17(29-18)24-1-3-27-4-2-24)20-16(26)21-19-8-12-5-13(9-19)7-14(6-12)10-19/h12-14H,1-11H2,(H2,20,21,25,26). The molecule has 2 heterocycles. The molecule has 5 aliphatic rings. The molecule has 10 heteroatoms. The Morgan fingerprint density at radius 1 is 1.10 bits per heavy atom. The molecule has 0 radical (unpaired) electrons. The normalized spacial score (nSPS) is 33.0. The van der Waals surface area contributed by atoms with Gasteiger partial charge in [-0.2, -0.15) is 0 Å². The molecule has 2 N–H and O–H groups in total. The van der Waals surface area contributed by atoms with E-state index in [1.165, 1.54) is 42.4 Å². The van der Waals surface area contributed by atoms with E-state index < -0.39 is 0 Å². The SMILES string of the molecule is O=C(CSc1nnc(N2CCOCC2)s1)NC(=O)NC12CC3CC(CC(C3)C1)C2. The van der Waals surface area contributed by atoms with Crippen molar-refractivity contribution in [3.8, 4) is 0 Å². The van der Waals surface area contributed by atoms with E-state index in [-0.39, 0.29) is 23.2 Å². The number of hydrogen-bond donors (Lipinski definition) is 2. The van der Waals surface area contributed by atoms with Crippen molar-refractivity contribution in [2.75, 3.05) is 37.0 Å². The summed E-state index contributed by atoms with van der Waals surface area (Å²) >= 11 is 2.80. The monoisotopic (exact) mass is 437 g/mol. The minimum atomic E-state index is -0.344. The molecule has 5 fully saturated rings. The molecule has 3 amide bonds. The van der Waals surface area contributed by atoms with Crippen LogP contribution in [0.25, 0.3) is 0 Å². The minimum absolute atomic E-state index is 0.0848. The Hall–Kier alpha value is -1.39. The Labute approximate surface area is 178 Å². The Morgan fingerprint density at radius 3 is 2.41 bits per heavy atom. The van der Waals surface area contributed by atoms with Crippen molar-refractivity contribution in [1.29, 1.82) is 0 Å². The first-order valence-corrected chi connectivity index (χ1v) is 12.3. The second-order valence-electron chi connectivity index (χ2n) is 8.94. The average molecular weight is 438 g/mol. The number of amides is 3. The number of nitrogens with one attached hydrogen (secondary N) is 2. The molecule has 4 bridgehead atoms. The van der Waals surface area contributed by atoms with Crippen molar-refractivity contribution in [1.82, 2.24) is 20.8 Å². The van der Waals surface area contributed by atoms with Crippen LogP contribution in [-0.2, 0) is 9.53 Å². The van der Waals surface area contributed by atoms with Gasteiger partial charge in [0.2, 0.25) is 11.0 Å². The Morgan fingerprint density at radius 2 is 1.76 bits per heavy atom. The number of nitrogens with zero attached hydrogens (tertiary/aromatic N) is 3. The fourth-order valence-corrected chi connectivity index (χ4v) is 7.66. The van der Waals surface area contributed by atoms with Crippen molar-refractivity contribution in [3.05, 3.63) is 0 Å². The number of anilines is 1. The molecular formula is C19H27N5O3S2. The van der Waals surface area contributed by atoms with E-state index in [4.69, 9.17) is 4.74 Å². The largest absolute Gasteiger partial charge is 0.378 e. The Kier molecular flexibility index (Phi) is 5.42. The first-order valence-electron chi connectivity index (χ1n) is 10.5. The van der Waals surface area contributed by atoms with Gasteiger partial charge in [0.25, 0.3) is 0 Å². The van der Waals surface area contributed by atoms with Crippen molar-refractivity contribution in [3.63, 3.8) is 0 Å². The van der Waals surface area contributed by atoms with Gasteiger partial charge in [-0.15, -0.1) is 10.2 Å². The lowest BCUT2D eigenvalue weighted by Crippen LogP contribution is -2.61. The third-order valence-corrected chi connectivity index (χ3v) is 8.79. The summed E-state index contributed by atoms with van der Waals surface area (Å²) in [6.07, 6.45) is 7.20. The van der Waals surface area contributed by atoms with Gasteiger partial charge in [-0.25, -0.2) is 4.79 Å². The summed E-state index contributed by atoms with van der Waals surface area (Å²) in [5.41, 5.74) is -0.0848. The topological polar surface area (TPSA) is 96.5 Å². The fraction of sp³-hybridized carbons (Fsp3) is 0.789. The van der Waals surface area contributed by atoms with Crippen LogP contribution in [0, 0.1) is 17.8 Å². The number of aromatic nitrogens is 2.